The van der Waals surface area contributed by atoms with Gasteiger partial charge in [-0.1, -0.05) is 0 Å². The second-order valence-corrected chi connectivity index (χ2v) is 2.60. The normalized spacial score (nSPS) is 36.3. The summed E-state index contributed by atoms with van der Waals surface area (Å²) in [6.07, 6.45) is 0. The first-order chi connectivity index (χ1) is 4.25. The van der Waals surface area contributed by atoms with Gasteiger partial charge < -0.3 is 16.2 Å². The topological polar surface area (TPSA) is 64.6 Å². The van der Waals surface area contributed by atoms with E-state index in [0.717, 1.165) is 0 Å². The summed E-state index contributed by atoms with van der Waals surface area (Å²) in [5.41, 5.74) is 10.6. The zero-order chi connectivity index (χ0) is 6.91. The SMILES string of the molecule is NCC(N)C1(CCl)CO1. The molecular weight excluding hydrogens is 140 g/mol. The van der Waals surface area contributed by atoms with E-state index in [2.05, 4.69) is 0 Å². The summed E-state index contributed by atoms with van der Waals surface area (Å²) in [5, 5.41) is 0. The predicted molar refractivity (Wildman–Crippen MR) is 36.4 cm³/mol. The zero-order valence-corrected chi connectivity index (χ0v) is 5.90. The molecule has 1 aliphatic rings. The van der Waals surface area contributed by atoms with E-state index in [1.165, 1.54) is 0 Å². The predicted octanol–water partition coefficient (Wildman–Crippen LogP) is -0.720. The van der Waals surface area contributed by atoms with Crippen LogP contribution < -0.4 is 11.5 Å². The molecule has 4 N–H and O–H groups in total. The number of alkyl halides is 1. The number of epoxide rings is 1. The molecule has 1 saturated heterocycles. The van der Waals surface area contributed by atoms with Crippen molar-refractivity contribution in [1.29, 1.82) is 0 Å². The quantitative estimate of drug-likeness (QED) is 0.412. The maximum Gasteiger partial charge on any atom is 0.121 e. The van der Waals surface area contributed by atoms with Crippen LogP contribution in [-0.2, 0) is 4.74 Å². The van der Waals surface area contributed by atoms with Crippen LogP contribution in [0.5, 0.6) is 0 Å². The minimum Gasteiger partial charge on any atom is -0.367 e. The van der Waals surface area contributed by atoms with Gasteiger partial charge in [0.2, 0.25) is 0 Å². The molecule has 9 heavy (non-hydrogen) atoms. The molecule has 0 aromatic rings. The Hall–Kier alpha value is 0.170. The Kier molecular flexibility index (Phi) is 1.96. The lowest BCUT2D eigenvalue weighted by Gasteiger charge is -2.14. The van der Waals surface area contributed by atoms with Gasteiger partial charge in [0.05, 0.1) is 12.5 Å². The molecule has 0 aliphatic carbocycles. The molecule has 4 heteroatoms. The van der Waals surface area contributed by atoms with Crippen molar-refractivity contribution < 1.29 is 4.74 Å². The third kappa shape index (κ3) is 1.19. The first kappa shape index (κ1) is 7.28. The van der Waals surface area contributed by atoms with E-state index in [1.807, 2.05) is 0 Å². The number of nitrogens with two attached hydrogens (primary N) is 2. The first-order valence-corrected chi connectivity index (χ1v) is 3.44. The van der Waals surface area contributed by atoms with E-state index in [1.54, 1.807) is 0 Å². The summed E-state index contributed by atoms with van der Waals surface area (Å²) >= 11 is 5.57. The van der Waals surface area contributed by atoms with Crippen LogP contribution in [0.1, 0.15) is 0 Å². The molecule has 0 amide bonds. The molecule has 0 aromatic carbocycles. The van der Waals surface area contributed by atoms with Gasteiger partial charge in [0.15, 0.2) is 0 Å². The first-order valence-electron chi connectivity index (χ1n) is 2.91. The molecule has 0 aromatic heterocycles. The van der Waals surface area contributed by atoms with Crippen molar-refractivity contribution in [3.8, 4) is 0 Å². The summed E-state index contributed by atoms with van der Waals surface area (Å²) in [5.74, 6) is 0.450. The molecule has 0 spiro atoms. The summed E-state index contributed by atoms with van der Waals surface area (Å²) in [4.78, 5) is 0. The fourth-order valence-electron chi connectivity index (χ4n) is 0.698. The van der Waals surface area contributed by atoms with Crippen LogP contribution >= 0.6 is 11.6 Å². The van der Waals surface area contributed by atoms with Crippen molar-refractivity contribution in [1.82, 2.24) is 0 Å². The van der Waals surface area contributed by atoms with Gasteiger partial charge in [-0.15, -0.1) is 11.6 Å². The average molecular weight is 151 g/mol. The molecule has 0 bridgehead atoms. The van der Waals surface area contributed by atoms with Crippen LogP contribution in [0, 0.1) is 0 Å². The second-order valence-electron chi connectivity index (χ2n) is 2.33. The van der Waals surface area contributed by atoms with E-state index in [9.17, 15) is 0 Å². The Morgan fingerprint density at radius 2 is 2.33 bits per heavy atom. The van der Waals surface area contributed by atoms with Gasteiger partial charge in [0.1, 0.15) is 5.60 Å². The van der Waals surface area contributed by atoms with E-state index in [-0.39, 0.29) is 11.6 Å². The van der Waals surface area contributed by atoms with Gasteiger partial charge in [-0.05, 0) is 0 Å². The molecule has 1 fully saturated rings. The van der Waals surface area contributed by atoms with E-state index in [0.29, 0.717) is 19.0 Å². The zero-order valence-electron chi connectivity index (χ0n) is 5.14. The van der Waals surface area contributed by atoms with Crippen LogP contribution in [0.15, 0.2) is 0 Å². The van der Waals surface area contributed by atoms with Crippen LogP contribution in [0.3, 0.4) is 0 Å². The van der Waals surface area contributed by atoms with Gasteiger partial charge in [0, 0.05) is 12.6 Å². The minimum atomic E-state index is -0.281. The maximum atomic E-state index is 5.59. The molecule has 1 aliphatic heterocycles. The smallest absolute Gasteiger partial charge is 0.121 e. The lowest BCUT2D eigenvalue weighted by Crippen LogP contribution is -2.45. The third-order valence-corrected chi connectivity index (χ3v) is 2.12. The van der Waals surface area contributed by atoms with Crippen molar-refractivity contribution in [3.63, 3.8) is 0 Å². The van der Waals surface area contributed by atoms with Crippen molar-refractivity contribution in [2.45, 2.75) is 11.6 Å². The minimum absolute atomic E-state index is 0.102. The van der Waals surface area contributed by atoms with E-state index >= 15 is 0 Å². The fourth-order valence-corrected chi connectivity index (χ4v) is 1.05. The summed E-state index contributed by atoms with van der Waals surface area (Å²) in [7, 11) is 0. The standard InChI is InChI=1S/C5H11ClN2O/c6-2-5(3-9-5)4(8)1-7/h4H,1-3,7-8H2. The molecule has 2 unspecified atom stereocenters. The van der Waals surface area contributed by atoms with Gasteiger partial charge in [-0.25, -0.2) is 0 Å². The maximum absolute atomic E-state index is 5.59. The molecule has 54 valence electrons. The molecule has 1 rings (SSSR count). The van der Waals surface area contributed by atoms with Gasteiger partial charge in [0.25, 0.3) is 0 Å². The van der Waals surface area contributed by atoms with Crippen LogP contribution in [0.4, 0.5) is 0 Å². The highest BCUT2D eigenvalue weighted by atomic mass is 35.5. The lowest BCUT2D eigenvalue weighted by molar-refractivity contribution is 0.288. The Labute approximate surface area is 59.3 Å². The number of rotatable bonds is 3. The molecule has 1 heterocycles. The van der Waals surface area contributed by atoms with Gasteiger partial charge >= 0.3 is 0 Å². The van der Waals surface area contributed by atoms with Crippen LogP contribution in [0.2, 0.25) is 0 Å². The molecule has 3 nitrogen and oxygen atoms in total. The molecule has 0 radical (unpaired) electrons. The number of hydrogen-bond donors (Lipinski definition) is 2. The summed E-state index contributed by atoms with van der Waals surface area (Å²) < 4.78 is 5.06. The highest BCUT2D eigenvalue weighted by Crippen LogP contribution is 2.30. The van der Waals surface area contributed by atoms with Crippen molar-refractivity contribution in [2.75, 3.05) is 19.0 Å². The van der Waals surface area contributed by atoms with Crippen molar-refractivity contribution >= 4 is 11.6 Å². The van der Waals surface area contributed by atoms with Crippen molar-refractivity contribution in [3.05, 3.63) is 0 Å². The monoisotopic (exact) mass is 150 g/mol. The number of halogens is 1. The molecular formula is C5H11ClN2O. The second kappa shape index (κ2) is 2.42. The largest absolute Gasteiger partial charge is 0.367 e. The number of hydrogen-bond acceptors (Lipinski definition) is 3. The highest BCUT2D eigenvalue weighted by Gasteiger charge is 2.48. The summed E-state index contributed by atoms with van der Waals surface area (Å²) in [6.45, 7) is 1.10. The Bertz CT molecular complexity index is 105. The van der Waals surface area contributed by atoms with Gasteiger partial charge in [-0.2, -0.15) is 0 Å². The number of ether oxygens (including phenoxy) is 1. The van der Waals surface area contributed by atoms with E-state index < -0.39 is 0 Å². The van der Waals surface area contributed by atoms with E-state index in [4.69, 9.17) is 27.8 Å². The van der Waals surface area contributed by atoms with Crippen LogP contribution in [0.25, 0.3) is 0 Å². The van der Waals surface area contributed by atoms with Gasteiger partial charge in [-0.3, -0.25) is 0 Å². The fraction of sp³-hybridized carbons (Fsp3) is 1.00. The Balaban J connectivity index is 2.39. The Morgan fingerprint density at radius 1 is 1.78 bits per heavy atom. The van der Waals surface area contributed by atoms with Crippen molar-refractivity contribution in [2.24, 2.45) is 11.5 Å². The summed E-state index contributed by atoms with van der Waals surface area (Å²) in [6, 6.07) is -0.102. The van der Waals surface area contributed by atoms with Crippen LogP contribution in [-0.4, -0.2) is 30.7 Å². The molecule has 2 atom stereocenters. The third-order valence-electron chi connectivity index (χ3n) is 1.67. The lowest BCUT2D eigenvalue weighted by atomic mass is 10.0. The molecule has 0 saturated carbocycles. The highest BCUT2D eigenvalue weighted by molar-refractivity contribution is 6.18. The average Bonchev–Trinajstić information content (AvgIpc) is 2.66. The Morgan fingerprint density at radius 3 is 2.44 bits per heavy atom.